The molecule has 1 saturated heterocycles. The fourth-order valence-electron chi connectivity index (χ4n) is 7.41. The first-order chi connectivity index (χ1) is 20.9. The van der Waals surface area contributed by atoms with Gasteiger partial charge in [0, 0.05) is 21.0 Å². The largest absolute Gasteiger partial charge is 0.454 e. The summed E-state index contributed by atoms with van der Waals surface area (Å²) < 4.78 is 6.30. The molecule has 6 atom stereocenters. The third-order valence-corrected chi connectivity index (χ3v) is 10.0. The number of esters is 1. The second-order valence-corrected chi connectivity index (χ2v) is 12.7. The first kappa shape index (κ1) is 26.2. The molecule has 0 N–H and O–H groups in total. The number of carbonyl (C=O) groups excluding carboxylic acids is 4. The third-order valence-electron chi connectivity index (χ3n) is 9.52. The number of para-hydroxylation sites is 1. The number of halogens is 1. The molecule has 4 aliphatic carbocycles. The van der Waals surface area contributed by atoms with E-state index in [-0.39, 0.29) is 47.9 Å². The Morgan fingerprint density at radius 3 is 2.19 bits per heavy atom. The average Bonchev–Trinajstić information content (AvgIpc) is 3.82. The predicted octanol–water partition coefficient (Wildman–Crippen LogP) is 6.26. The summed E-state index contributed by atoms with van der Waals surface area (Å²) in [5.41, 5.74) is 3.15. The van der Waals surface area contributed by atoms with Gasteiger partial charge in [0.25, 0.3) is 0 Å². The number of hydrogen-bond donors (Lipinski definition) is 0. The number of amides is 2. The Kier molecular flexibility index (Phi) is 5.98. The number of rotatable bonds is 6. The highest BCUT2D eigenvalue weighted by Crippen LogP contribution is 2.65. The number of imide groups is 1. The van der Waals surface area contributed by atoms with Crippen molar-refractivity contribution in [3.8, 4) is 11.3 Å². The summed E-state index contributed by atoms with van der Waals surface area (Å²) in [7, 11) is 0. The Morgan fingerprint density at radius 1 is 0.860 bits per heavy atom. The van der Waals surface area contributed by atoms with E-state index in [9.17, 15) is 19.2 Å². The lowest BCUT2D eigenvalue weighted by Gasteiger charge is -2.37. The zero-order valence-electron chi connectivity index (χ0n) is 22.9. The van der Waals surface area contributed by atoms with Crippen LogP contribution < -0.4 is 4.90 Å². The highest BCUT2D eigenvalue weighted by atomic mass is 79.9. The number of aromatic nitrogens is 1. The van der Waals surface area contributed by atoms with Crippen LogP contribution in [-0.2, 0) is 14.3 Å². The van der Waals surface area contributed by atoms with E-state index in [1.54, 1.807) is 48.5 Å². The number of anilines is 1. The van der Waals surface area contributed by atoms with Crippen molar-refractivity contribution in [2.45, 2.75) is 6.42 Å². The van der Waals surface area contributed by atoms with Gasteiger partial charge >= 0.3 is 5.97 Å². The maximum atomic E-state index is 13.5. The first-order valence-corrected chi connectivity index (χ1v) is 15.2. The molecule has 2 saturated carbocycles. The molecule has 6 unspecified atom stereocenters. The van der Waals surface area contributed by atoms with Crippen LogP contribution >= 0.6 is 15.9 Å². The van der Waals surface area contributed by atoms with Crippen molar-refractivity contribution >= 4 is 56.1 Å². The van der Waals surface area contributed by atoms with Crippen molar-refractivity contribution in [1.82, 2.24) is 4.98 Å². The zero-order chi connectivity index (χ0) is 29.4. The van der Waals surface area contributed by atoms with Crippen molar-refractivity contribution < 1.29 is 23.9 Å². The van der Waals surface area contributed by atoms with Gasteiger partial charge in [0.15, 0.2) is 12.4 Å². The molecule has 0 spiro atoms. The molecule has 1 aromatic heterocycles. The van der Waals surface area contributed by atoms with E-state index < -0.39 is 5.97 Å². The molecular formula is C35H25BrN2O5. The lowest BCUT2D eigenvalue weighted by molar-refractivity contribution is -0.124. The number of benzene rings is 3. The summed E-state index contributed by atoms with van der Waals surface area (Å²) >= 11 is 3.35. The SMILES string of the molecule is O=C(COC(=O)c1cc(-c2ccc(N3C(=O)C4C5C=CC(C6CC56)C4C3=O)cc2)nc2ccccc12)c1ccc(Br)cc1. The Balaban J connectivity index is 1.06. The average molecular weight is 633 g/mol. The molecule has 2 heterocycles. The van der Waals surface area contributed by atoms with Crippen LogP contribution in [0.2, 0.25) is 0 Å². The minimum absolute atomic E-state index is 0.0982. The van der Waals surface area contributed by atoms with Gasteiger partial charge < -0.3 is 4.74 Å². The van der Waals surface area contributed by atoms with E-state index in [1.807, 2.05) is 30.3 Å². The molecule has 8 heteroatoms. The summed E-state index contributed by atoms with van der Waals surface area (Å²) in [6, 6.07) is 22.9. The number of fused-ring (bicyclic) bond motifs is 1. The zero-order valence-corrected chi connectivity index (χ0v) is 24.4. The maximum Gasteiger partial charge on any atom is 0.339 e. The highest BCUT2D eigenvalue weighted by molar-refractivity contribution is 9.10. The van der Waals surface area contributed by atoms with Crippen molar-refractivity contribution in [2.24, 2.45) is 35.5 Å². The molecular weight excluding hydrogens is 608 g/mol. The Bertz CT molecular complexity index is 1850. The van der Waals surface area contributed by atoms with Gasteiger partial charge in [-0.3, -0.25) is 19.3 Å². The van der Waals surface area contributed by atoms with Crippen LogP contribution in [0.3, 0.4) is 0 Å². The maximum absolute atomic E-state index is 13.5. The number of carbonyl (C=O) groups is 4. The Labute approximate surface area is 255 Å². The van der Waals surface area contributed by atoms with Crippen LogP contribution in [0, 0.1) is 35.5 Å². The molecule has 0 radical (unpaired) electrons. The van der Waals surface area contributed by atoms with Gasteiger partial charge in [-0.2, -0.15) is 0 Å². The molecule has 7 nitrogen and oxygen atoms in total. The quantitative estimate of drug-likeness (QED) is 0.108. The summed E-state index contributed by atoms with van der Waals surface area (Å²) in [6.07, 6.45) is 5.46. The van der Waals surface area contributed by atoms with Crippen LogP contribution in [0.4, 0.5) is 5.69 Å². The molecule has 212 valence electrons. The summed E-state index contributed by atoms with van der Waals surface area (Å²) in [6.45, 7) is -0.389. The normalized spacial score (nSPS) is 26.4. The molecule has 2 amide bonds. The number of nitrogens with zero attached hydrogens (tertiary/aromatic N) is 2. The van der Waals surface area contributed by atoms with Gasteiger partial charge in [0.2, 0.25) is 11.8 Å². The third kappa shape index (κ3) is 4.19. The van der Waals surface area contributed by atoms with Crippen LogP contribution in [0.1, 0.15) is 27.1 Å². The van der Waals surface area contributed by atoms with E-state index >= 15 is 0 Å². The van der Waals surface area contributed by atoms with Gasteiger partial charge in [0.05, 0.1) is 34.3 Å². The van der Waals surface area contributed by atoms with Gasteiger partial charge in [-0.05, 0) is 66.5 Å². The standard InChI is InChI=1S/C35H25BrN2O5/c36-20-9-5-19(6-10-20)30(39)17-43-35(42)27-16-29(37-28-4-2-1-3-22(27)28)18-7-11-21(12-8-18)38-33(40)31-23-13-14-24(26-15-25(23)26)32(31)34(38)41/h1-14,16,23-26,31-32H,15,17H2. The van der Waals surface area contributed by atoms with Crippen LogP contribution in [-0.4, -0.2) is 35.2 Å². The summed E-state index contributed by atoms with van der Waals surface area (Å²) in [4.78, 5) is 59.0. The lowest BCUT2D eigenvalue weighted by Crippen LogP contribution is -2.40. The van der Waals surface area contributed by atoms with Gasteiger partial charge in [-0.15, -0.1) is 0 Å². The molecule has 1 aliphatic heterocycles. The van der Waals surface area contributed by atoms with Crippen LogP contribution in [0.15, 0.2) is 95.5 Å². The summed E-state index contributed by atoms with van der Waals surface area (Å²) in [5, 5.41) is 0.612. The van der Waals surface area contributed by atoms with Crippen LogP contribution in [0.25, 0.3) is 22.2 Å². The summed E-state index contributed by atoms with van der Waals surface area (Å²) in [5.74, 6) is -0.187. The number of allylic oxidation sites excluding steroid dienone is 2. The number of Topliss-reactive ketones (excluding diaryl/α,β-unsaturated/α-hetero) is 1. The molecule has 43 heavy (non-hydrogen) atoms. The van der Waals surface area contributed by atoms with Crippen molar-refractivity contribution in [3.05, 3.63) is 107 Å². The monoisotopic (exact) mass is 632 g/mol. The van der Waals surface area contributed by atoms with E-state index in [4.69, 9.17) is 9.72 Å². The number of ketones is 1. The number of pyridine rings is 1. The first-order valence-electron chi connectivity index (χ1n) is 14.4. The van der Waals surface area contributed by atoms with E-state index in [1.165, 1.54) is 4.90 Å². The van der Waals surface area contributed by atoms with Gasteiger partial charge in [-0.1, -0.05) is 70.5 Å². The topological polar surface area (TPSA) is 93.6 Å². The number of hydrogen-bond acceptors (Lipinski definition) is 6. The minimum atomic E-state index is -0.626. The predicted molar refractivity (Wildman–Crippen MR) is 163 cm³/mol. The lowest BCUT2D eigenvalue weighted by atomic mass is 9.63. The molecule has 3 fully saturated rings. The molecule has 5 aliphatic rings. The van der Waals surface area contributed by atoms with E-state index in [2.05, 4.69) is 28.1 Å². The fourth-order valence-corrected chi connectivity index (χ4v) is 7.68. The fraction of sp³-hybridized carbons (Fsp3) is 0.229. The molecule has 2 bridgehead atoms. The van der Waals surface area contributed by atoms with Crippen molar-refractivity contribution in [2.75, 3.05) is 11.5 Å². The van der Waals surface area contributed by atoms with Gasteiger partial charge in [-0.25, -0.2) is 9.78 Å². The number of ether oxygens (including phenoxy) is 1. The molecule has 9 rings (SSSR count). The van der Waals surface area contributed by atoms with Crippen molar-refractivity contribution in [3.63, 3.8) is 0 Å². The van der Waals surface area contributed by atoms with Crippen molar-refractivity contribution in [1.29, 1.82) is 0 Å². The molecule has 3 aromatic carbocycles. The van der Waals surface area contributed by atoms with E-state index in [0.717, 1.165) is 10.9 Å². The Hall–Kier alpha value is -4.43. The minimum Gasteiger partial charge on any atom is -0.454 e. The second kappa shape index (κ2) is 9.81. The highest BCUT2D eigenvalue weighted by Gasteiger charge is 2.67. The second-order valence-electron chi connectivity index (χ2n) is 11.8. The molecule has 4 aromatic rings. The van der Waals surface area contributed by atoms with E-state index in [0.29, 0.717) is 50.8 Å². The Morgan fingerprint density at radius 2 is 1.51 bits per heavy atom. The van der Waals surface area contributed by atoms with Gasteiger partial charge in [0.1, 0.15) is 0 Å². The van der Waals surface area contributed by atoms with Crippen LogP contribution in [0.5, 0.6) is 0 Å². The smallest absolute Gasteiger partial charge is 0.339 e.